The number of hydrogen-bond donors (Lipinski definition) is 1. The number of carbonyl (C=O) groups excluding carboxylic acids is 3. The summed E-state index contributed by atoms with van der Waals surface area (Å²) in [5.74, 6) is -0.708. The van der Waals surface area contributed by atoms with Gasteiger partial charge in [0.05, 0.1) is 24.2 Å². The molecule has 1 unspecified atom stereocenters. The van der Waals surface area contributed by atoms with E-state index in [4.69, 9.17) is 4.74 Å². The number of piperazine rings is 1. The standard InChI is InChI=1S/C26H28FN5O4/c27-20-12-19-17(14-32(26(19)35)21-3-4-24(33)29-25(21)34)11-22(20)31-7-5-30(6-8-31)15-18-10-16-2-1-9-36-23(16)13-28-18/h10-13,21H,1-9,14-15H2,(H,29,33,34). The van der Waals surface area contributed by atoms with E-state index < -0.39 is 17.8 Å². The number of pyridine rings is 1. The van der Waals surface area contributed by atoms with Crippen molar-refractivity contribution in [1.82, 2.24) is 20.1 Å². The lowest BCUT2D eigenvalue weighted by molar-refractivity contribution is -0.136. The Morgan fingerprint density at radius 3 is 2.69 bits per heavy atom. The number of nitrogens with zero attached hydrogens (tertiary/aromatic N) is 4. The molecule has 1 aromatic carbocycles. The van der Waals surface area contributed by atoms with E-state index >= 15 is 4.39 Å². The first-order valence-electron chi connectivity index (χ1n) is 12.5. The number of anilines is 1. The zero-order valence-corrected chi connectivity index (χ0v) is 20.0. The number of benzene rings is 1. The normalized spacial score (nSPS) is 22.2. The molecule has 9 nitrogen and oxygen atoms in total. The molecule has 0 spiro atoms. The highest BCUT2D eigenvalue weighted by molar-refractivity contribution is 6.05. The van der Waals surface area contributed by atoms with Crippen LogP contribution in [0, 0.1) is 5.82 Å². The van der Waals surface area contributed by atoms with Crippen LogP contribution in [0.5, 0.6) is 5.75 Å². The van der Waals surface area contributed by atoms with Gasteiger partial charge in [0.25, 0.3) is 5.91 Å². The summed E-state index contributed by atoms with van der Waals surface area (Å²) in [6.45, 7) is 4.59. The summed E-state index contributed by atoms with van der Waals surface area (Å²) in [7, 11) is 0. The number of aromatic nitrogens is 1. The number of aryl methyl sites for hydroxylation is 1. The van der Waals surface area contributed by atoms with E-state index in [0.29, 0.717) is 29.9 Å². The lowest BCUT2D eigenvalue weighted by Gasteiger charge is -2.36. The van der Waals surface area contributed by atoms with Crippen molar-refractivity contribution in [3.63, 3.8) is 0 Å². The van der Waals surface area contributed by atoms with Crippen LogP contribution in [-0.4, -0.2) is 71.3 Å². The highest BCUT2D eigenvalue weighted by atomic mass is 19.1. The molecular formula is C26H28FN5O4. The molecule has 36 heavy (non-hydrogen) atoms. The third kappa shape index (κ3) is 4.19. The van der Waals surface area contributed by atoms with Crippen LogP contribution in [0.4, 0.5) is 10.1 Å². The van der Waals surface area contributed by atoms with E-state index in [1.165, 1.54) is 16.5 Å². The molecule has 1 aromatic heterocycles. The second-order valence-corrected chi connectivity index (χ2v) is 9.86. The van der Waals surface area contributed by atoms with E-state index in [1.807, 2.05) is 11.1 Å². The number of nitrogens with one attached hydrogen (secondary N) is 1. The molecule has 0 bridgehead atoms. The molecule has 2 fully saturated rings. The van der Waals surface area contributed by atoms with Crippen molar-refractivity contribution in [2.75, 3.05) is 37.7 Å². The van der Waals surface area contributed by atoms with Gasteiger partial charge in [-0.3, -0.25) is 29.6 Å². The van der Waals surface area contributed by atoms with Crippen LogP contribution in [0.25, 0.3) is 0 Å². The Balaban J connectivity index is 1.11. The Hall–Kier alpha value is -3.53. The maximum atomic E-state index is 15.1. The lowest BCUT2D eigenvalue weighted by Crippen LogP contribution is -2.52. The van der Waals surface area contributed by atoms with Gasteiger partial charge in [0.15, 0.2) is 0 Å². The summed E-state index contributed by atoms with van der Waals surface area (Å²) in [6.07, 6.45) is 4.33. The SMILES string of the molecule is O=C1CCC(N2Cc3cc(N4CCN(Cc5cc6c(cn5)OCCC6)CC4)c(F)cc3C2=O)C(=O)N1. The van der Waals surface area contributed by atoms with Gasteiger partial charge in [-0.25, -0.2) is 4.39 Å². The number of fused-ring (bicyclic) bond motifs is 2. The number of piperidine rings is 1. The first kappa shape index (κ1) is 22.9. The minimum atomic E-state index is -0.707. The molecule has 0 radical (unpaired) electrons. The summed E-state index contributed by atoms with van der Waals surface area (Å²) in [5, 5.41) is 2.30. The van der Waals surface area contributed by atoms with Gasteiger partial charge in [-0.2, -0.15) is 0 Å². The van der Waals surface area contributed by atoms with Crippen LogP contribution in [0.2, 0.25) is 0 Å². The number of carbonyl (C=O) groups is 3. The number of ether oxygens (including phenoxy) is 1. The quantitative estimate of drug-likeness (QED) is 0.647. The van der Waals surface area contributed by atoms with Gasteiger partial charge in [-0.05, 0) is 48.6 Å². The summed E-state index contributed by atoms with van der Waals surface area (Å²) >= 11 is 0. The molecular weight excluding hydrogens is 465 g/mol. The third-order valence-corrected chi connectivity index (χ3v) is 7.54. The number of halogens is 1. The molecule has 2 aromatic rings. The maximum absolute atomic E-state index is 15.1. The topological polar surface area (TPSA) is 95.1 Å². The minimum Gasteiger partial charge on any atom is -0.492 e. The van der Waals surface area contributed by atoms with E-state index in [9.17, 15) is 14.4 Å². The molecule has 6 rings (SSSR count). The van der Waals surface area contributed by atoms with Crippen molar-refractivity contribution in [3.05, 3.63) is 52.6 Å². The average molecular weight is 494 g/mol. The van der Waals surface area contributed by atoms with Crippen LogP contribution in [0.1, 0.15) is 46.4 Å². The fourth-order valence-electron chi connectivity index (χ4n) is 5.59. The van der Waals surface area contributed by atoms with Crippen molar-refractivity contribution in [2.24, 2.45) is 0 Å². The molecule has 2 saturated heterocycles. The van der Waals surface area contributed by atoms with Crippen molar-refractivity contribution in [2.45, 2.75) is 44.8 Å². The molecule has 5 heterocycles. The van der Waals surface area contributed by atoms with Crippen LogP contribution in [0.15, 0.2) is 24.4 Å². The number of amides is 3. The molecule has 4 aliphatic heterocycles. The monoisotopic (exact) mass is 493 g/mol. The van der Waals surface area contributed by atoms with Gasteiger partial charge in [0, 0.05) is 51.3 Å². The van der Waals surface area contributed by atoms with Crippen LogP contribution >= 0.6 is 0 Å². The summed E-state index contributed by atoms with van der Waals surface area (Å²) in [4.78, 5) is 47.0. The number of imide groups is 1. The molecule has 188 valence electrons. The van der Waals surface area contributed by atoms with E-state index in [1.54, 1.807) is 6.07 Å². The average Bonchev–Trinajstić information content (AvgIpc) is 3.19. The lowest BCUT2D eigenvalue weighted by atomic mass is 10.0. The molecule has 3 amide bonds. The van der Waals surface area contributed by atoms with E-state index in [0.717, 1.165) is 50.5 Å². The maximum Gasteiger partial charge on any atom is 0.255 e. The van der Waals surface area contributed by atoms with Crippen molar-refractivity contribution in [1.29, 1.82) is 0 Å². The van der Waals surface area contributed by atoms with Gasteiger partial charge >= 0.3 is 0 Å². The zero-order valence-electron chi connectivity index (χ0n) is 20.0. The Bertz CT molecular complexity index is 1240. The van der Waals surface area contributed by atoms with E-state index in [-0.39, 0.29) is 31.2 Å². The van der Waals surface area contributed by atoms with Crippen LogP contribution in [-0.2, 0) is 29.1 Å². The van der Waals surface area contributed by atoms with E-state index in [2.05, 4.69) is 21.3 Å². The summed E-state index contributed by atoms with van der Waals surface area (Å²) in [6, 6.07) is 4.47. The molecule has 4 aliphatic rings. The second-order valence-electron chi connectivity index (χ2n) is 9.86. The Morgan fingerprint density at radius 1 is 1.06 bits per heavy atom. The smallest absolute Gasteiger partial charge is 0.255 e. The summed E-state index contributed by atoms with van der Waals surface area (Å²) in [5.41, 5.74) is 3.72. The zero-order chi connectivity index (χ0) is 24.8. The van der Waals surface area contributed by atoms with Crippen molar-refractivity contribution < 1.29 is 23.5 Å². The van der Waals surface area contributed by atoms with Gasteiger partial charge < -0.3 is 14.5 Å². The van der Waals surface area contributed by atoms with Crippen LogP contribution in [0.3, 0.4) is 0 Å². The highest BCUT2D eigenvalue weighted by Gasteiger charge is 2.40. The van der Waals surface area contributed by atoms with Gasteiger partial charge in [0.2, 0.25) is 11.8 Å². The fraction of sp³-hybridized carbons (Fsp3) is 0.462. The second kappa shape index (κ2) is 9.16. The fourth-order valence-corrected chi connectivity index (χ4v) is 5.59. The number of rotatable bonds is 4. The molecule has 1 atom stereocenters. The first-order chi connectivity index (χ1) is 17.5. The Labute approximate surface area is 208 Å². The number of hydrogen-bond acceptors (Lipinski definition) is 7. The van der Waals surface area contributed by atoms with Crippen molar-refractivity contribution in [3.8, 4) is 5.75 Å². The predicted octanol–water partition coefficient (Wildman–Crippen LogP) is 1.63. The third-order valence-electron chi connectivity index (χ3n) is 7.54. The largest absolute Gasteiger partial charge is 0.492 e. The van der Waals surface area contributed by atoms with Crippen LogP contribution < -0.4 is 15.0 Å². The minimum absolute atomic E-state index is 0.190. The van der Waals surface area contributed by atoms with Crippen molar-refractivity contribution >= 4 is 23.4 Å². The Morgan fingerprint density at radius 2 is 1.89 bits per heavy atom. The Kier molecular flexibility index (Phi) is 5.83. The first-order valence-corrected chi connectivity index (χ1v) is 12.5. The van der Waals surface area contributed by atoms with Gasteiger partial charge in [-0.1, -0.05) is 0 Å². The molecule has 0 aliphatic carbocycles. The van der Waals surface area contributed by atoms with Gasteiger partial charge in [-0.15, -0.1) is 0 Å². The molecule has 0 saturated carbocycles. The highest BCUT2D eigenvalue weighted by Crippen LogP contribution is 2.33. The summed E-state index contributed by atoms with van der Waals surface area (Å²) < 4.78 is 20.8. The predicted molar refractivity (Wildman–Crippen MR) is 128 cm³/mol. The molecule has 1 N–H and O–H groups in total. The molecule has 10 heteroatoms. The van der Waals surface area contributed by atoms with Gasteiger partial charge in [0.1, 0.15) is 17.6 Å².